The minimum absolute atomic E-state index is 0.367. The van der Waals surface area contributed by atoms with Crippen LogP contribution in [0.25, 0.3) is 10.9 Å². The van der Waals surface area contributed by atoms with Gasteiger partial charge in [0.2, 0.25) is 0 Å². The monoisotopic (exact) mass is 388 g/mol. The van der Waals surface area contributed by atoms with Crippen LogP contribution in [0.3, 0.4) is 0 Å². The average molecular weight is 389 g/mol. The Balaban J connectivity index is 1.70. The number of aryl methyl sites for hydroxylation is 1. The molecule has 0 saturated carbocycles. The number of amides is 1. The van der Waals surface area contributed by atoms with E-state index in [0.717, 1.165) is 0 Å². The van der Waals surface area contributed by atoms with E-state index in [1.165, 1.54) is 0 Å². The molecule has 3 aromatic rings. The van der Waals surface area contributed by atoms with E-state index in [0.29, 0.717) is 37.9 Å². The predicted octanol–water partition coefficient (Wildman–Crippen LogP) is 4.65. The van der Waals surface area contributed by atoms with Crippen LogP contribution in [-0.4, -0.2) is 23.5 Å². The topological polar surface area (TPSA) is 68.3 Å². The van der Waals surface area contributed by atoms with E-state index in [-0.39, 0.29) is 0 Å². The summed E-state index contributed by atoms with van der Waals surface area (Å²) in [5.41, 5.74) is 2.17. The Morgan fingerprint density at radius 3 is 2.50 bits per heavy atom. The van der Waals surface area contributed by atoms with Gasteiger partial charge in [0.05, 0.1) is 11.1 Å². The number of carbonyl (C=O) groups excluding carboxylic acids is 2. The zero-order chi connectivity index (χ0) is 18.7. The van der Waals surface area contributed by atoms with Crippen LogP contribution in [-0.2, 0) is 9.53 Å². The lowest BCUT2D eigenvalue weighted by molar-refractivity contribution is -0.119. The van der Waals surface area contributed by atoms with E-state index in [2.05, 4.69) is 10.3 Å². The maximum atomic E-state index is 12.4. The largest absolute Gasteiger partial charge is 0.452 e. The molecule has 26 heavy (non-hydrogen) atoms. The molecule has 0 radical (unpaired) electrons. The summed E-state index contributed by atoms with van der Waals surface area (Å²) >= 11 is 11.8. The molecule has 0 aliphatic heterocycles. The molecule has 0 spiro atoms. The van der Waals surface area contributed by atoms with Gasteiger partial charge in [-0.2, -0.15) is 0 Å². The number of nitrogens with one attached hydrogen (secondary N) is 1. The zero-order valence-corrected chi connectivity index (χ0v) is 15.3. The van der Waals surface area contributed by atoms with Crippen molar-refractivity contribution in [1.82, 2.24) is 4.98 Å². The second-order valence-electron chi connectivity index (χ2n) is 5.61. The van der Waals surface area contributed by atoms with Gasteiger partial charge in [-0.05, 0) is 37.3 Å². The average Bonchev–Trinajstić information content (AvgIpc) is 2.58. The van der Waals surface area contributed by atoms with Gasteiger partial charge >= 0.3 is 5.97 Å². The van der Waals surface area contributed by atoms with E-state index >= 15 is 0 Å². The molecule has 132 valence electrons. The number of hydrogen-bond acceptors (Lipinski definition) is 4. The van der Waals surface area contributed by atoms with E-state index in [9.17, 15) is 9.59 Å². The lowest BCUT2D eigenvalue weighted by Gasteiger charge is -2.09. The van der Waals surface area contributed by atoms with Gasteiger partial charge in [0.25, 0.3) is 5.91 Å². The van der Waals surface area contributed by atoms with Crippen LogP contribution >= 0.6 is 23.2 Å². The van der Waals surface area contributed by atoms with Gasteiger partial charge in [-0.25, -0.2) is 4.79 Å². The first kappa shape index (κ1) is 18.2. The minimum atomic E-state index is -0.592. The Labute approximate surface area is 159 Å². The number of carbonyl (C=O) groups is 2. The number of anilines is 1. The lowest BCUT2D eigenvalue weighted by atomic mass is 10.1. The molecule has 0 aliphatic carbocycles. The maximum Gasteiger partial charge on any atom is 0.339 e. The Morgan fingerprint density at radius 2 is 1.77 bits per heavy atom. The molecule has 0 saturated heterocycles. The molecule has 2 aromatic carbocycles. The number of esters is 1. The van der Waals surface area contributed by atoms with Crippen LogP contribution in [0.1, 0.15) is 16.1 Å². The van der Waals surface area contributed by atoms with Crippen LogP contribution in [0.15, 0.2) is 48.5 Å². The molecule has 0 fully saturated rings. The van der Waals surface area contributed by atoms with Gasteiger partial charge < -0.3 is 10.1 Å². The number of aromatic nitrogens is 1. The molecule has 1 amide bonds. The van der Waals surface area contributed by atoms with Crippen molar-refractivity contribution < 1.29 is 14.3 Å². The number of benzene rings is 2. The van der Waals surface area contributed by atoms with Crippen molar-refractivity contribution in [3.8, 4) is 0 Å². The summed E-state index contributed by atoms with van der Waals surface area (Å²) < 4.78 is 5.14. The van der Waals surface area contributed by atoms with Crippen molar-refractivity contribution in [3.63, 3.8) is 0 Å². The highest BCUT2D eigenvalue weighted by Gasteiger charge is 2.15. The van der Waals surface area contributed by atoms with Crippen LogP contribution in [0.2, 0.25) is 10.0 Å². The van der Waals surface area contributed by atoms with Crippen LogP contribution in [0.4, 0.5) is 5.69 Å². The van der Waals surface area contributed by atoms with Gasteiger partial charge in [-0.3, -0.25) is 9.78 Å². The standard InChI is InChI=1S/C19H14Cl2N2O3/c1-11-6-16(15-4-2-3-5-17(15)22-11)19(25)26-10-18(24)23-14-8-12(20)7-13(21)9-14/h2-9H,10H2,1H3,(H,23,24). The molecule has 5 nitrogen and oxygen atoms in total. The fourth-order valence-corrected chi connectivity index (χ4v) is 3.03. The Kier molecular flexibility index (Phi) is 5.40. The van der Waals surface area contributed by atoms with Crippen molar-refractivity contribution in [2.75, 3.05) is 11.9 Å². The van der Waals surface area contributed by atoms with Gasteiger partial charge in [-0.15, -0.1) is 0 Å². The van der Waals surface area contributed by atoms with Crippen molar-refractivity contribution in [1.29, 1.82) is 0 Å². The van der Waals surface area contributed by atoms with Crippen molar-refractivity contribution >= 4 is 51.7 Å². The highest BCUT2D eigenvalue weighted by molar-refractivity contribution is 6.35. The van der Waals surface area contributed by atoms with E-state index in [4.69, 9.17) is 27.9 Å². The number of fused-ring (bicyclic) bond motifs is 1. The first-order valence-electron chi connectivity index (χ1n) is 7.72. The summed E-state index contributed by atoms with van der Waals surface area (Å²) in [6, 6.07) is 13.5. The summed E-state index contributed by atoms with van der Waals surface area (Å²) in [5, 5.41) is 4.04. The van der Waals surface area contributed by atoms with Gasteiger partial charge in [0, 0.05) is 26.8 Å². The third kappa shape index (κ3) is 4.31. The van der Waals surface area contributed by atoms with E-state index < -0.39 is 18.5 Å². The normalized spacial score (nSPS) is 10.6. The van der Waals surface area contributed by atoms with Crippen molar-refractivity contribution in [2.45, 2.75) is 6.92 Å². The minimum Gasteiger partial charge on any atom is -0.452 e. The molecule has 3 rings (SSSR count). The predicted molar refractivity (Wildman–Crippen MR) is 102 cm³/mol. The SMILES string of the molecule is Cc1cc(C(=O)OCC(=O)Nc2cc(Cl)cc(Cl)c2)c2ccccc2n1. The third-order valence-electron chi connectivity index (χ3n) is 3.54. The lowest BCUT2D eigenvalue weighted by Crippen LogP contribution is -2.21. The fraction of sp³-hybridized carbons (Fsp3) is 0.105. The highest BCUT2D eigenvalue weighted by atomic mass is 35.5. The van der Waals surface area contributed by atoms with Crippen molar-refractivity contribution in [3.05, 3.63) is 69.8 Å². The maximum absolute atomic E-state index is 12.4. The Hall–Kier alpha value is -2.63. The fourth-order valence-electron chi connectivity index (χ4n) is 2.51. The molecule has 1 N–H and O–H groups in total. The number of rotatable bonds is 4. The first-order chi connectivity index (χ1) is 12.4. The molecule has 7 heteroatoms. The number of ether oxygens (including phenoxy) is 1. The quantitative estimate of drug-likeness (QED) is 0.660. The third-order valence-corrected chi connectivity index (χ3v) is 3.98. The number of para-hydroxylation sites is 1. The molecule has 0 unspecified atom stereocenters. The second-order valence-corrected chi connectivity index (χ2v) is 6.48. The van der Waals surface area contributed by atoms with E-state index in [1.807, 2.05) is 18.2 Å². The van der Waals surface area contributed by atoms with E-state index in [1.54, 1.807) is 37.3 Å². The first-order valence-corrected chi connectivity index (χ1v) is 8.47. The molecule has 1 aromatic heterocycles. The Bertz CT molecular complexity index is 985. The van der Waals surface area contributed by atoms with Gasteiger partial charge in [-0.1, -0.05) is 41.4 Å². The highest BCUT2D eigenvalue weighted by Crippen LogP contribution is 2.22. The summed E-state index contributed by atoms with van der Waals surface area (Å²) in [5.74, 6) is -1.09. The molecule has 1 heterocycles. The molecular weight excluding hydrogens is 375 g/mol. The summed E-state index contributed by atoms with van der Waals surface area (Å²) in [6.45, 7) is 1.36. The molecular formula is C19H14Cl2N2O3. The summed E-state index contributed by atoms with van der Waals surface area (Å²) in [4.78, 5) is 28.8. The number of hydrogen-bond donors (Lipinski definition) is 1. The van der Waals surface area contributed by atoms with Crippen LogP contribution < -0.4 is 5.32 Å². The van der Waals surface area contributed by atoms with Gasteiger partial charge in [0.1, 0.15) is 0 Å². The molecule has 0 atom stereocenters. The number of nitrogens with zero attached hydrogens (tertiary/aromatic N) is 1. The number of halogens is 2. The van der Waals surface area contributed by atoms with Crippen LogP contribution in [0.5, 0.6) is 0 Å². The summed E-state index contributed by atoms with van der Waals surface area (Å²) in [6.07, 6.45) is 0. The second kappa shape index (κ2) is 7.72. The molecule has 0 aliphatic rings. The summed E-state index contributed by atoms with van der Waals surface area (Å²) in [7, 11) is 0. The number of pyridine rings is 1. The molecule has 0 bridgehead atoms. The smallest absolute Gasteiger partial charge is 0.339 e. The van der Waals surface area contributed by atoms with Gasteiger partial charge in [0.15, 0.2) is 6.61 Å². The Morgan fingerprint density at radius 1 is 1.08 bits per heavy atom. The zero-order valence-electron chi connectivity index (χ0n) is 13.8. The van der Waals surface area contributed by atoms with Crippen molar-refractivity contribution in [2.24, 2.45) is 0 Å². The van der Waals surface area contributed by atoms with Crippen LogP contribution in [0, 0.1) is 6.92 Å².